The number of hydrogen-bond acceptors (Lipinski definition) is 5. The topological polar surface area (TPSA) is 81.3 Å². The van der Waals surface area contributed by atoms with E-state index in [1.54, 1.807) is 4.57 Å². The monoisotopic (exact) mass is 415 g/mol. The number of carbonyl (C=O) groups is 1. The van der Waals surface area contributed by atoms with E-state index in [4.69, 9.17) is 0 Å². The molecule has 0 unspecified atom stereocenters. The Bertz CT molecular complexity index is 1080. The number of para-hydroxylation sites is 1. The van der Waals surface area contributed by atoms with Crippen LogP contribution < -0.4 is 10.9 Å². The number of fused-ring (bicyclic) bond motifs is 3. The number of carbonyl (C=O) groups excluding carboxylic acids is 1. The van der Waals surface area contributed by atoms with Crippen molar-refractivity contribution >= 4 is 34.3 Å². The molecule has 1 amide bonds. The lowest BCUT2D eigenvalue weighted by Gasteiger charge is -2.24. The Kier molecular flexibility index (Phi) is 6.31. The van der Waals surface area contributed by atoms with Crippen molar-refractivity contribution in [3.8, 4) is 0 Å². The molecule has 1 aromatic carbocycles. The van der Waals surface area contributed by atoms with Gasteiger partial charge in [-0.1, -0.05) is 44.7 Å². The molecule has 0 bridgehead atoms. The molecule has 29 heavy (non-hydrogen) atoms. The second-order valence-electron chi connectivity index (χ2n) is 8.35. The van der Waals surface area contributed by atoms with Crippen LogP contribution >= 0.6 is 11.8 Å². The zero-order valence-electron chi connectivity index (χ0n) is 17.7. The molecule has 156 valence electrons. The molecule has 3 aromatic rings. The Labute approximate surface area is 174 Å². The lowest BCUT2D eigenvalue weighted by atomic mass is 10.0. The Morgan fingerprint density at radius 1 is 1.24 bits per heavy atom. The predicted molar refractivity (Wildman–Crippen MR) is 117 cm³/mol. The van der Waals surface area contributed by atoms with Crippen LogP contribution in [-0.2, 0) is 11.3 Å². The van der Waals surface area contributed by atoms with Crippen LogP contribution in [0.25, 0.3) is 16.7 Å². The molecule has 8 heteroatoms. The maximum Gasteiger partial charge on any atom is 0.262 e. The van der Waals surface area contributed by atoms with Crippen molar-refractivity contribution < 1.29 is 4.79 Å². The van der Waals surface area contributed by atoms with Crippen molar-refractivity contribution in [3.63, 3.8) is 0 Å². The SMILES string of the molecule is CCC(C)(C)NC(=O)CSc1nnc2n(CCC(C)C)c(=O)c3ccccc3n12. The summed E-state index contributed by atoms with van der Waals surface area (Å²) in [6.07, 6.45) is 1.72. The molecular formula is C21H29N5O2S. The second kappa shape index (κ2) is 8.57. The summed E-state index contributed by atoms with van der Waals surface area (Å²) in [6, 6.07) is 7.47. The lowest BCUT2D eigenvalue weighted by Crippen LogP contribution is -2.43. The van der Waals surface area contributed by atoms with E-state index >= 15 is 0 Å². The summed E-state index contributed by atoms with van der Waals surface area (Å²) >= 11 is 1.33. The first-order valence-electron chi connectivity index (χ1n) is 10.0. The molecule has 0 saturated heterocycles. The highest BCUT2D eigenvalue weighted by atomic mass is 32.2. The van der Waals surface area contributed by atoms with Gasteiger partial charge >= 0.3 is 0 Å². The summed E-state index contributed by atoms with van der Waals surface area (Å²) in [7, 11) is 0. The fourth-order valence-corrected chi connectivity index (χ4v) is 3.79. The molecule has 7 nitrogen and oxygen atoms in total. The van der Waals surface area contributed by atoms with Gasteiger partial charge < -0.3 is 5.32 Å². The van der Waals surface area contributed by atoms with Crippen LogP contribution in [0.1, 0.15) is 47.5 Å². The van der Waals surface area contributed by atoms with E-state index in [2.05, 4.69) is 29.4 Å². The van der Waals surface area contributed by atoms with E-state index in [0.29, 0.717) is 28.8 Å². The second-order valence-corrected chi connectivity index (χ2v) is 9.29. The average molecular weight is 416 g/mol. The smallest absolute Gasteiger partial charge is 0.262 e. The third kappa shape index (κ3) is 4.63. The highest BCUT2D eigenvalue weighted by Crippen LogP contribution is 2.22. The first-order chi connectivity index (χ1) is 13.7. The van der Waals surface area contributed by atoms with Crippen molar-refractivity contribution in [2.24, 2.45) is 5.92 Å². The normalized spacial score (nSPS) is 12.2. The minimum Gasteiger partial charge on any atom is -0.351 e. The number of thioether (sulfide) groups is 1. The van der Waals surface area contributed by atoms with Gasteiger partial charge in [-0.05, 0) is 44.7 Å². The standard InChI is InChI=1S/C21H29N5O2S/c1-6-21(4,5)22-17(27)13-29-20-24-23-19-25(12-11-14(2)3)18(28)15-9-7-8-10-16(15)26(19)20/h7-10,14H,6,11-13H2,1-5H3,(H,22,27). The molecule has 0 aliphatic rings. The largest absolute Gasteiger partial charge is 0.351 e. The van der Waals surface area contributed by atoms with Crippen molar-refractivity contribution in [1.82, 2.24) is 24.5 Å². The van der Waals surface area contributed by atoms with Gasteiger partial charge in [0, 0.05) is 12.1 Å². The van der Waals surface area contributed by atoms with Gasteiger partial charge in [0.05, 0.1) is 16.7 Å². The van der Waals surface area contributed by atoms with Gasteiger partial charge in [-0.15, -0.1) is 10.2 Å². The molecule has 0 atom stereocenters. The molecule has 0 spiro atoms. The zero-order valence-corrected chi connectivity index (χ0v) is 18.5. The van der Waals surface area contributed by atoms with Gasteiger partial charge in [-0.2, -0.15) is 0 Å². The van der Waals surface area contributed by atoms with E-state index in [0.717, 1.165) is 18.4 Å². The van der Waals surface area contributed by atoms with E-state index in [-0.39, 0.29) is 22.8 Å². The summed E-state index contributed by atoms with van der Waals surface area (Å²) in [6.45, 7) is 10.9. The Morgan fingerprint density at radius 2 is 1.97 bits per heavy atom. The minimum absolute atomic E-state index is 0.0453. The van der Waals surface area contributed by atoms with Crippen LogP contribution in [0.5, 0.6) is 0 Å². The van der Waals surface area contributed by atoms with Gasteiger partial charge in [0.2, 0.25) is 11.7 Å². The summed E-state index contributed by atoms with van der Waals surface area (Å²) in [5, 5.41) is 12.9. The highest BCUT2D eigenvalue weighted by Gasteiger charge is 2.20. The molecule has 0 aliphatic heterocycles. The van der Waals surface area contributed by atoms with Crippen LogP contribution in [0.2, 0.25) is 0 Å². The maximum absolute atomic E-state index is 13.0. The third-order valence-corrected chi connectivity index (χ3v) is 6.03. The first kappa shape index (κ1) is 21.4. The van der Waals surface area contributed by atoms with Crippen molar-refractivity contribution in [3.05, 3.63) is 34.6 Å². The Hall–Kier alpha value is -2.35. The van der Waals surface area contributed by atoms with Crippen molar-refractivity contribution in [1.29, 1.82) is 0 Å². The number of hydrogen-bond donors (Lipinski definition) is 1. The van der Waals surface area contributed by atoms with Crippen LogP contribution in [0.3, 0.4) is 0 Å². The molecule has 3 rings (SSSR count). The molecular weight excluding hydrogens is 386 g/mol. The lowest BCUT2D eigenvalue weighted by molar-refractivity contribution is -0.120. The molecule has 0 aliphatic carbocycles. The summed E-state index contributed by atoms with van der Waals surface area (Å²) in [5.74, 6) is 1.18. The summed E-state index contributed by atoms with van der Waals surface area (Å²) in [5.41, 5.74) is 0.462. The fourth-order valence-electron chi connectivity index (χ4n) is 3.05. The number of aromatic nitrogens is 4. The van der Waals surface area contributed by atoms with E-state index < -0.39 is 0 Å². The quantitative estimate of drug-likeness (QED) is 0.570. The van der Waals surface area contributed by atoms with Crippen LogP contribution in [0, 0.1) is 5.92 Å². The summed E-state index contributed by atoms with van der Waals surface area (Å²) in [4.78, 5) is 25.4. The summed E-state index contributed by atoms with van der Waals surface area (Å²) < 4.78 is 3.58. The van der Waals surface area contributed by atoms with Crippen LogP contribution in [0.4, 0.5) is 0 Å². The molecule has 0 saturated carbocycles. The highest BCUT2D eigenvalue weighted by molar-refractivity contribution is 7.99. The van der Waals surface area contributed by atoms with Gasteiger partial charge in [-0.25, -0.2) is 0 Å². The van der Waals surface area contributed by atoms with Gasteiger partial charge in [0.25, 0.3) is 5.56 Å². The van der Waals surface area contributed by atoms with E-state index in [9.17, 15) is 9.59 Å². The number of rotatable bonds is 8. The number of nitrogens with zero attached hydrogens (tertiary/aromatic N) is 4. The predicted octanol–water partition coefficient (Wildman–Crippen LogP) is 3.49. The van der Waals surface area contributed by atoms with Crippen LogP contribution in [0.15, 0.2) is 34.2 Å². The zero-order chi connectivity index (χ0) is 21.2. The maximum atomic E-state index is 13.0. The fraction of sp³-hybridized carbons (Fsp3) is 0.524. The molecule has 0 radical (unpaired) electrons. The van der Waals surface area contributed by atoms with Crippen LogP contribution in [-0.4, -0.2) is 36.4 Å². The van der Waals surface area contributed by atoms with E-state index in [1.165, 1.54) is 11.8 Å². The molecule has 1 N–H and O–H groups in total. The number of amides is 1. The van der Waals surface area contributed by atoms with Gasteiger partial charge in [0.15, 0.2) is 5.16 Å². The van der Waals surface area contributed by atoms with Crippen molar-refractivity contribution in [2.75, 3.05) is 5.75 Å². The number of aryl methyl sites for hydroxylation is 1. The molecule has 0 fully saturated rings. The van der Waals surface area contributed by atoms with Gasteiger partial charge in [-0.3, -0.25) is 18.6 Å². The van der Waals surface area contributed by atoms with E-state index in [1.807, 2.05) is 49.4 Å². The third-order valence-electron chi connectivity index (χ3n) is 5.10. The number of nitrogens with one attached hydrogen (secondary N) is 1. The first-order valence-corrected chi connectivity index (χ1v) is 11.0. The van der Waals surface area contributed by atoms with Gasteiger partial charge in [0.1, 0.15) is 0 Å². The average Bonchev–Trinajstić information content (AvgIpc) is 3.10. The Morgan fingerprint density at radius 3 is 2.66 bits per heavy atom. The van der Waals surface area contributed by atoms with Crippen molar-refractivity contribution in [2.45, 2.75) is 64.7 Å². The Balaban J connectivity index is 2.00. The minimum atomic E-state index is -0.241. The number of benzene rings is 1. The molecule has 2 heterocycles. The molecule has 2 aromatic heterocycles.